The molecule has 0 radical (unpaired) electrons. The lowest BCUT2D eigenvalue weighted by Crippen LogP contribution is -2.52. The van der Waals surface area contributed by atoms with Crippen molar-refractivity contribution in [3.05, 3.63) is 29.8 Å². The molecular weight excluding hydrogens is 362 g/mol. The predicted octanol–water partition coefficient (Wildman–Crippen LogP) is 2.51. The Balaban J connectivity index is 1.63. The van der Waals surface area contributed by atoms with Crippen molar-refractivity contribution in [2.24, 2.45) is 0 Å². The second-order valence-electron chi connectivity index (χ2n) is 8.14. The van der Waals surface area contributed by atoms with Crippen molar-refractivity contribution in [2.45, 2.75) is 67.8 Å². The van der Waals surface area contributed by atoms with Gasteiger partial charge in [0.05, 0.1) is 4.90 Å². The van der Waals surface area contributed by atoms with Gasteiger partial charge in [-0.1, -0.05) is 25.7 Å². The van der Waals surface area contributed by atoms with E-state index >= 15 is 0 Å². The van der Waals surface area contributed by atoms with Crippen LogP contribution in [0, 0.1) is 0 Å². The molecule has 2 aliphatic rings. The number of carbonyl (C=O) groups excluding carboxylic acids is 1. The highest BCUT2D eigenvalue weighted by molar-refractivity contribution is 7.89. The number of rotatable bonds is 7. The summed E-state index contributed by atoms with van der Waals surface area (Å²) in [7, 11) is 0.692. The average molecular weight is 394 g/mol. The largest absolute Gasteiger partial charge is 0.350 e. The lowest BCUT2D eigenvalue weighted by Gasteiger charge is -2.39. The van der Waals surface area contributed by atoms with Gasteiger partial charge in [0.1, 0.15) is 0 Å². The number of nitrogens with one attached hydrogen (secondary N) is 2. The van der Waals surface area contributed by atoms with E-state index in [-0.39, 0.29) is 22.4 Å². The summed E-state index contributed by atoms with van der Waals surface area (Å²) in [4.78, 5) is 15.0. The Bertz CT molecular complexity index is 747. The first kappa shape index (κ1) is 20.3. The maximum absolute atomic E-state index is 12.6. The predicted molar refractivity (Wildman–Crippen MR) is 106 cm³/mol. The molecule has 2 aliphatic carbocycles. The highest BCUT2D eigenvalue weighted by atomic mass is 32.2. The van der Waals surface area contributed by atoms with Crippen LogP contribution in [0.25, 0.3) is 0 Å². The molecule has 0 spiro atoms. The Morgan fingerprint density at radius 2 is 1.67 bits per heavy atom. The maximum atomic E-state index is 12.6. The number of hydrogen-bond donors (Lipinski definition) is 2. The zero-order valence-corrected chi connectivity index (χ0v) is 17.1. The summed E-state index contributed by atoms with van der Waals surface area (Å²) in [6.07, 6.45) is 8.86. The van der Waals surface area contributed by atoms with Gasteiger partial charge in [-0.2, -0.15) is 0 Å². The molecule has 1 aromatic carbocycles. The van der Waals surface area contributed by atoms with Crippen molar-refractivity contribution < 1.29 is 13.2 Å². The molecule has 2 saturated carbocycles. The molecule has 1 amide bonds. The Hall–Kier alpha value is -1.44. The van der Waals surface area contributed by atoms with Gasteiger partial charge in [-0.15, -0.1) is 0 Å². The first-order chi connectivity index (χ1) is 12.8. The van der Waals surface area contributed by atoms with Crippen LogP contribution < -0.4 is 10.0 Å². The summed E-state index contributed by atoms with van der Waals surface area (Å²) in [5, 5.41) is 3.07. The molecule has 0 aromatic heterocycles. The minimum atomic E-state index is -3.48. The molecule has 2 N–H and O–H groups in total. The first-order valence-electron chi connectivity index (χ1n) is 9.90. The summed E-state index contributed by atoms with van der Waals surface area (Å²) in [6.45, 7) is 0.613. The lowest BCUT2D eigenvalue weighted by atomic mass is 9.88. The second kappa shape index (κ2) is 8.29. The van der Waals surface area contributed by atoms with E-state index in [4.69, 9.17) is 0 Å². The fourth-order valence-corrected chi connectivity index (χ4v) is 5.09. The monoisotopic (exact) mass is 393 g/mol. The fourth-order valence-electron chi connectivity index (χ4n) is 3.79. The lowest BCUT2D eigenvalue weighted by molar-refractivity contribution is 0.0869. The second-order valence-corrected chi connectivity index (χ2v) is 9.85. The molecule has 0 bridgehead atoms. The molecule has 0 saturated heterocycles. The Morgan fingerprint density at radius 1 is 1.07 bits per heavy atom. The SMILES string of the molecule is CN(C)C1(CNC(=O)c2ccc(S(=O)(=O)NC3CC3)cc2)CCCCCC1. The average Bonchev–Trinajstić information content (AvgIpc) is 3.46. The number of benzene rings is 1. The van der Waals surface area contributed by atoms with Crippen LogP contribution in [0.1, 0.15) is 61.7 Å². The standard InChI is InChI=1S/C20H31N3O3S/c1-23(2)20(13-5-3-4-6-14-20)15-21-19(24)16-7-11-18(12-8-16)27(25,26)22-17-9-10-17/h7-8,11-12,17,22H,3-6,9-10,13-15H2,1-2H3,(H,21,24). The molecule has 0 unspecified atom stereocenters. The van der Waals surface area contributed by atoms with Gasteiger partial charge >= 0.3 is 0 Å². The number of hydrogen-bond acceptors (Lipinski definition) is 4. The molecule has 6 nitrogen and oxygen atoms in total. The molecule has 2 fully saturated rings. The molecular formula is C20H31N3O3S. The van der Waals surface area contributed by atoms with Gasteiger partial charge in [-0.25, -0.2) is 13.1 Å². The zero-order valence-electron chi connectivity index (χ0n) is 16.3. The van der Waals surface area contributed by atoms with Crippen LogP contribution >= 0.6 is 0 Å². The van der Waals surface area contributed by atoms with Gasteiger partial charge in [0.25, 0.3) is 5.91 Å². The smallest absolute Gasteiger partial charge is 0.251 e. The molecule has 0 atom stereocenters. The molecule has 27 heavy (non-hydrogen) atoms. The van der Waals surface area contributed by atoms with E-state index in [0.29, 0.717) is 12.1 Å². The highest BCUT2D eigenvalue weighted by Gasteiger charge is 2.33. The molecule has 150 valence electrons. The maximum Gasteiger partial charge on any atom is 0.251 e. The highest BCUT2D eigenvalue weighted by Crippen LogP contribution is 2.30. The van der Waals surface area contributed by atoms with E-state index in [1.807, 2.05) is 0 Å². The van der Waals surface area contributed by atoms with Crippen LogP contribution in [0.2, 0.25) is 0 Å². The van der Waals surface area contributed by atoms with Gasteiger partial charge in [0.2, 0.25) is 10.0 Å². The Labute approximate surface area is 162 Å². The summed E-state index contributed by atoms with van der Waals surface area (Å²) in [6, 6.07) is 6.26. The van der Waals surface area contributed by atoms with Crippen LogP contribution in [-0.4, -0.2) is 51.4 Å². The van der Waals surface area contributed by atoms with E-state index in [9.17, 15) is 13.2 Å². The van der Waals surface area contributed by atoms with Crippen molar-refractivity contribution in [2.75, 3.05) is 20.6 Å². The van der Waals surface area contributed by atoms with Crippen molar-refractivity contribution in [1.29, 1.82) is 0 Å². The van der Waals surface area contributed by atoms with Crippen molar-refractivity contribution in [1.82, 2.24) is 14.9 Å². The number of amides is 1. The van der Waals surface area contributed by atoms with E-state index in [1.54, 1.807) is 12.1 Å². The molecule has 0 heterocycles. The van der Waals surface area contributed by atoms with Gasteiger partial charge in [-0.3, -0.25) is 4.79 Å². The Morgan fingerprint density at radius 3 is 2.19 bits per heavy atom. The van der Waals surface area contributed by atoms with Gasteiger partial charge in [0, 0.05) is 23.7 Å². The Kier molecular flexibility index (Phi) is 6.23. The molecule has 7 heteroatoms. The minimum Gasteiger partial charge on any atom is -0.350 e. The number of sulfonamides is 1. The fraction of sp³-hybridized carbons (Fsp3) is 0.650. The van der Waals surface area contributed by atoms with Crippen LogP contribution in [0.15, 0.2) is 29.2 Å². The quantitative estimate of drug-likeness (QED) is 0.698. The third kappa shape index (κ3) is 5.09. The van der Waals surface area contributed by atoms with Crippen molar-refractivity contribution in [3.63, 3.8) is 0 Å². The molecule has 0 aliphatic heterocycles. The summed E-state index contributed by atoms with van der Waals surface area (Å²) in [5.41, 5.74) is 0.492. The normalized spacial score (nSPS) is 20.3. The van der Waals surface area contributed by atoms with Crippen LogP contribution in [0.5, 0.6) is 0 Å². The van der Waals surface area contributed by atoms with E-state index in [2.05, 4.69) is 29.0 Å². The molecule has 3 rings (SSSR count). The summed E-state index contributed by atoms with van der Waals surface area (Å²) in [5.74, 6) is -0.153. The van der Waals surface area contributed by atoms with Gasteiger partial charge in [0.15, 0.2) is 0 Å². The third-order valence-electron chi connectivity index (χ3n) is 5.89. The summed E-state index contributed by atoms with van der Waals surface area (Å²) >= 11 is 0. The van der Waals surface area contributed by atoms with E-state index in [0.717, 1.165) is 25.7 Å². The van der Waals surface area contributed by atoms with E-state index in [1.165, 1.54) is 37.8 Å². The topological polar surface area (TPSA) is 78.5 Å². The minimum absolute atomic E-state index is 0.00360. The van der Waals surface area contributed by atoms with Crippen LogP contribution in [0.3, 0.4) is 0 Å². The summed E-state index contributed by atoms with van der Waals surface area (Å²) < 4.78 is 27.1. The van der Waals surface area contributed by atoms with Gasteiger partial charge in [-0.05, 0) is 64.0 Å². The zero-order chi connectivity index (χ0) is 19.5. The van der Waals surface area contributed by atoms with Crippen LogP contribution in [0.4, 0.5) is 0 Å². The number of carbonyl (C=O) groups is 1. The third-order valence-corrected chi connectivity index (χ3v) is 7.42. The number of nitrogens with zero attached hydrogens (tertiary/aromatic N) is 1. The molecule has 1 aromatic rings. The van der Waals surface area contributed by atoms with E-state index < -0.39 is 10.0 Å². The van der Waals surface area contributed by atoms with Gasteiger partial charge < -0.3 is 10.2 Å². The first-order valence-corrected chi connectivity index (χ1v) is 11.4. The van der Waals surface area contributed by atoms with Crippen molar-refractivity contribution >= 4 is 15.9 Å². The van der Waals surface area contributed by atoms with Crippen molar-refractivity contribution in [3.8, 4) is 0 Å². The number of likely N-dealkylation sites (N-methyl/N-ethyl adjacent to an activating group) is 1. The van der Waals surface area contributed by atoms with Crippen LogP contribution in [-0.2, 0) is 10.0 Å².